The standard InChI is InChI=1S/C32H44BN3O5/c1-29(2,3)39-28(38)34-12-10-32(11-13-34)22-9-8-18(33-40-30(4,5)31(6,7)41-33)14-23(22)36(27(32)37)20-15-19(16-20)35-17-21-24-25(21)26(24)35/h8-9,14,19-21,24-26H,10-13,15-17H2,1-7H3/t19-,20+,21-,24?,25?,26-. The SMILES string of the molecule is CC(C)(C)OC(=O)N1CCC2(CC1)C(=O)N([C@H]1C[C@@H](N3C[C@H]4C5C4[C@H]53)C1)c1cc(B3OC(C)(C)C(C)(C)O3)ccc12. The second kappa shape index (κ2) is 8.09. The number of anilines is 1. The minimum Gasteiger partial charge on any atom is -0.444 e. The zero-order chi connectivity index (χ0) is 28.9. The molecule has 41 heavy (non-hydrogen) atoms. The van der Waals surface area contributed by atoms with Gasteiger partial charge in [0.2, 0.25) is 5.91 Å². The molecule has 0 aromatic heterocycles. The van der Waals surface area contributed by atoms with Crippen molar-refractivity contribution in [2.24, 2.45) is 17.8 Å². The van der Waals surface area contributed by atoms with E-state index in [1.54, 1.807) is 4.90 Å². The van der Waals surface area contributed by atoms with E-state index in [2.05, 4.69) is 55.7 Å². The molecule has 8 aliphatic rings. The van der Waals surface area contributed by atoms with Crippen LogP contribution in [0.5, 0.6) is 0 Å². The molecule has 5 aliphatic heterocycles. The Hall–Kier alpha value is -2.10. The Morgan fingerprint density at radius 3 is 2.20 bits per heavy atom. The highest BCUT2D eigenvalue weighted by molar-refractivity contribution is 6.62. The van der Waals surface area contributed by atoms with Crippen molar-refractivity contribution in [3.8, 4) is 0 Å². The Morgan fingerprint density at radius 1 is 1.00 bits per heavy atom. The molecule has 1 aromatic rings. The molecule has 1 aromatic carbocycles. The summed E-state index contributed by atoms with van der Waals surface area (Å²) in [5.74, 6) is 3.20. The van der Waals surface area contributed by atoms with Gasteiger partial charge in [-0.15, -0.1) is 0 Å². The lowest BCUT2D eigenvalue weighted by atomic mass is 9.71. The van der Waals surface area contributed by atoms with Crippen LogP contribution in [-0.2, 0) is 24.3 Å². The molecule has 2 unspecified atom stereocenters. The summed E-state index contributed by atoms with van der Waals surface area (Å²) in [6, 6.07) is 8.07. The van der Waals surface area contributed by atoms with Crippen LogP contribution in [0.3, 0.4) is 0 Å². The van der Waals surface area contributed by atoms with E-state index in [0.717, 1.165) is 53.4 Å². The van der Waals surface area contributed by atoms with Crippen molar-refractivity contribution in [2.75, 3.05) is 24.5 Å². The van der Waals surface area contributed by atoms with Crippen LogP contribution in [0, 0.1) is 17.8 Å². The van der Waals surface area contributed by atoms with E-state index in [-0.39, 0.29) is 18.0 Å². The molecule has 3 aliphatic carbocycles. The lowest BCUT2D eigenvalue weighted by molar-refractivity contribution is -0.126. The molecule has 220 valence electrons. The number of ether oxygens (including phenoxy) is 1. The number of nitrogens with zero attached hydrogens (tertiary/aromatic N) is 3. The number of piperidine rings is 2. The van der Waals surface area contributed by atoms with E-state index in [1.807, 2.05) is 20.8 Å². The summed E-state index contributed by atoms with van der Waals surface area (Å²) in [4.78, 5) is 34.0. The van der Waals surface area contributed by atoms with Gasteiger partial charge in [-0.1, -0.05) is 12.1 Å². The van der Waals surface area contributed by atoms with E-state index < -0.39 is 29.3 Å². The zero-order valence-corrected chi connectivity index (χ0v) is 25.6. The molecule has 5 heterocycles. The van der Waals surface area contributed by atoms with Gasteiger partial charge in [-0.05, 0) is 109 Å². The number of likely N-dealkylation sites (tertiary alicyclic amines) is 1. The first-order valence-electron chi connectivity index (χ1n) is 15.8. The van der Waals surface area contributed by atoms with Crippen molar-refractivity contribution in [3.05, 3.63) is 23.8 Å². The number of fused-ring (bicyclic) bond motifs is 3. The molecule has 0 radical (unpaired) electrons. The van der Waals surface area contributed by atoms with Crippen LogP contribution in [0.4, 0.5) is 10.5 Å². The second-order valence-corrected chi connectivity index (χ2v) is 15.9. The van der Waals surface area contributed by atoms with Crippen LogP contribution < -0.4 is 10.4 Å². The van der Waals surface area contributed by atoms with Gasteiger partial charge in [-0.25, -0.2) is 4.79 Å². The van der Waals surface area contributed by atoms with Gasteiger partial charge in [0, 0.05) is 43.4 Å². The summed E-state index contributed by atoms with van der Waals surface area (Å²) in [5.41, 5.74) is 1.08. The molecule has 9 heteroatoms. The molecular weight excluding hydrogens is 517 g/mol. The molecule has 1 spiro atoms. The third kappa shape index (κ3) is 3.70. The fraction of sp³-hybridized carbons (Fsp3) is 0.750. The van der Waals surface area contributed by atoms with Crippen molar-refractivity contribution in [1.29, 1.82) is 0 Å². The van der Waals surface area contributed by atoms with Crippen LogP contribution in [-0.4, -0.2) is 83.5 Å². The summed E-state index contributed by atoms with van der Waals surface area (Å²) in [6.07, 6.45) is 3.03. The third-order valence-corrected chi connectivity index (χ3v) is 11.9. The van der Waals surface area contributed by atoms with E-state index >= 15 is 0 Å². The van der Waals surface area contributed by atoms with E-state index in [0.29, 0.717) is 32.0 Å². The number of hydrogen-bond donors (Lipinski definition) is 0. The first kappa shape index (κ1) is 26.5. The fourth-order valence-electron chi connectivity index (χ4n) is 8.59. The highest BCUT2D eigenvalue weighted by atomic mass is 16.7. The second-order valence-electron chi connectivity index (χ2n) is 15.9. The number of rotatable bonds is 3. The Labute approximate surface area is 244 Å². The van der Waals surface area contributed by atoms with Crippen LogP contribution in [0.15, 0.2) is 18.2 Å². The number of carbonyl (C=O) groups excluding carboxylic acids is 2. The van der Waals surface area contributed by atoms with Gasteiger partial charge in [0.25, 0.3) is 0 Å². The lowest BCUT2D eigenvalue weighted by Crippen LogP contribution is -2.58. The van der Waals surface area contributed by atoms with Crippen LogP contribution in [0.25, 0.3) is 0 Å². The van der Waals surface area contributed by atoms with Gasteiger partial charge in [0.05, 0.1) is 16.6 Å². The third-order valence-electron chi connectivity index (χ3n) is 11.9. The lowest BCUT2D eigenvalue weighted by Gasteiger charge is -2.46. The van der Waals surface area contributed by atoms with E-state index in [4.69, 9.17) is 14.0 Å². The summed E-state index contributed by atoms with van der Waals surface area (Å²) in [5, 5.41) is 0. The number of benzene rings is 1. The van der Waals surface area contributed by atoms with Crippen molar-refractivity contribution < 1.29 is 23.6 Å². The van der Waals surface area contributed by atoms with Gasteiger partial charge >= 0.3 is 13.2 Å². The first-order valence-corrected chi connectivity index (χ1v) is 15.8. The molecule has 7 fully saturated rings. The molecule has 9 rings (SSSR count). The predicted octanol–water partition coefficient (Wildman–Crippen LogP) is 3.69. The summed E-state index contributed by atoms with van der Waals surface area (Å²) in [6.45, 7) is 16.3. The summed E-state index contributed by atoms with van der Waals surface area (Å²) in [7, 11) is -0.471. The molecule has 2 bridgehead atoms. The van der Waals surface area contributed by atoms with Crippen LogP contribution in [0.1, 0.15) is 79.7 Å². The minimum atomic E-state index is -0.604. The highest BCUT2D eigenvalue weighted by Crippen LogP contribution is 2.76. The average molecular weight is 562 g/mol. The predicted molar refractivity (Wildman–Crippen MR) is 156 cm³/mol. The number of hydrogen-bond acceptors (Lipinski definition) is 6. The van der Waals surface area contributed by atoms with E-state index in [1.165, 1.54) is 6.54 Å². The molecule has 2 amide bonds. The maximum Gasteiger partial charge on any atom is 0.494 e. The van der Waals surface area contributed by atoms with Crippen molar-refractivity contribution in [3.63, 3.8) is 0 Å². The largest absolute Gasteiger partial charge is 0.494 e. The summed E-state index contributed by atoms with van der Waals surface area (Å²) >= 11 is 0. The van der Waals surface area contributed by atoms with Crippen molar-refractivity contribution >= 4 is 30.3 Å². The quantitative estimate of drug-likeness (QED) is 0.525. The molecule has 8 nitrogen and oxygen atoms in total. The number of carbonyl (C=O) groups is 2. The van der Waals surface area contributed by atoms with Gasteiger partial charge in [-0.2, -0.15) is 0 Å². The minimum absolute atomic E-state index is 0.210. The van der Waals surface area contributed by atoms with Crippen molar-refractivity contribution in [1.82, 2.24) is 9.80 Å². The van der Waals surface area contributed by atoms with Crippen LogP contribution >= 0.6 is 0 Å². The molecule has 0 N–H and O–H groups in total. The topological polar surface area (TPSA) is 71.6 Å². The summed E-state index contributed by atoms with van der Waals surface area (Å²) < 4.78 is 18.5. The Kier molecular flexibility index (Phi) is 5.23. The van der Waals surface area contributed by atoms with Crippen molar-refractivity contribution in [2.45, 2.75) is 114 Å². The maximum absolute atomic E-state index is 14.5. The normalized spacial score (nSPS) is 37.2. The van der Waals surface area contributed by atoms with Gasteiger partial charge in [0.15, 0.2) is 0 Å². The molecule has 3 saturated carbocycles. The molecule has 4 saturated heterocycles. The van der Waals surface area contributed by atoms with Gasteiger partial charge in [0.1, 0.15) is 5.60 Å². The monoisotopic (exact) mass is 561 g/mol. The Bertz CT molecular complexity index is 1290. The molecular formula is C32H44BN3O5. The smallest absolute Gasteiger partial charge is 0.444 e. The highest BCUT2D eigenvalue weighted by Gasteiger charge is 2.81. The number of amides is 2. The Morgan fingerprint density at radius 2 is 1.63 bits per heavy atom. The van der Waals surface area contributed by atoms with E-state index in [9.17, 15) is 9.59 Å². The van der Waals surface area contributed by atoms with Crippen LogP contribution in [0.2, 0.25) is 0 Å². The van der Waals surface area contributed by atoms with Gasteiger partial charge < -0.3 is 23.8 Å². The Balaban J connectivity index is 1.07. The zero-order valence-electron chi connectivity index (χ0n) is 25.6. The van der Waals surface area contributed by atoms with Gasteiger partial charge in [-0.3, -0.25) is 9.69 Å². The molecule has 2 atom stereocenters. The fourth-order valence-corrected chi connectivity index (χ4v) is 8.59. The average Bonchev–Trinajstić information content (AvgIpc) is 3.60. The maximum atomic E-state index is 14.5. The first-order chi connectivity index (χ1) is 19.2.